The van der Waals surface area contributed by atoms with Crippen molar-refractivity contribution in [2.45, 2.75) is 6.42 Å². The predicted molar refractivity (Wildman–Crippen MR) is 68.6 cm³/mol. The number of imide groups is 2. The maximum absolute atomic E-state index is 12.1. The van der Waals surface area contributed by atoms with Crippen LogP contribution in [0.1, 0.15) is 5.56 Å². The molecule has 0 aliphatic carbocycles. The Bertz CT molecular complexity index is 691. The molecule has 8 nitrogen and oxygen atoms in total. The zero-order valence-corrected chi connectivity index (χ0v) is 14.5. The van der Waals surface area contributed by atoms with Crippen LogP contribution in [0.2, 0.25) is 0 Å². The molecule has 1 N–H and O–H groups in total. The first-order valence-electron chi connectivity index (χ1n) is 5.91. The molecule has 1 aromatic rings. The fourth-order valence-corrected chi connectivity index (χ4v) is 2.53. The minimum absolute atomic E-state index is 0. The van der Waals surface area contributed by atoms with E-state index in [-0.39, 0.29) is 40.9 Å². The van der Waals surface area contributed by atoms with E-state index in [1.165, 1.54) is 0 Å². The van der Waals surface area contributed by atoms with E-state index in [4.69, 9.17) is 0 Å². The van der Waals surface area contributed by atoms with Crippen molar-refractivity contribution < 1.29 is 56.9 Å². The summed E-state index contributed by atoms with van der Waals surface area (Å²) >= 11 is 0. The number of nitrogens with one attached hydrogen (secondary N) is 1. The average Bonchev–Trinajstić information content (AvgIpc) is 2.40. The van der Waals surface area contributed by atoms with E-state index in [1.54, 1.807) is 30.3 Å². The number of carbonyl (C=O) groups excluding carboxylic acids is 3. The summed E-state index contributed by atoms with van der Waals surface area (Å²) in [5, 5.41) is 1.88. The van der Waals surface area contributed by atoms with Crippen molar-refractivity contribution >= 4 is 28.0 Å². The number of rotatable bonds is 4. The van der Waals surface area contributed by atoms with Crippen LogP contribution in [0.25, 0.3) is 0 Å². The van der Waals surface area contributed by atoms with Crippen LogP contribution in [-0.2, 0) is 26.1 Å². The largest absolute Gasteiger partial charge is 1.00 e. The maximum atomic E-state index is 12.1. The van der Waals surface area contributed by atoms with Crippen molar-refractivity contribution in [3.8, 4) is 0 Å². The summed E-state index contributed by atoms with van der Waals surface area (Å²) in [6.07, 6.45) is 0.00813. The minimum atomic E-state index is -4.82. The molecule has 4 amide bonds. The SMILES string of the molecule is O=C1NC(=O)N(CS(=O)(=O)[O-])C(=O)C1Cc1ccccc1.[Na+]. The first-order chi connectivity index (χ1) is 9.78. The van der Waals surface area contributed by atoms with Gasteiger partial charge >= 0.3 is 35.6 Å². The van der Waals surface area contributed by atoms with Crippen LogP contribution in [0.3, 0.4) is 0 Å². The van der Waals surface area contributed by atoms with Gasteiger partial charge in [0, 0.05) is 0 Å². The Kier molecular flexibility index (Phi) is 6.27. The van der Waals surface area contributed by atoms with Gasteiger partial charge in [0.15, 0.2) is 0 Å². The molecule has 1 aliphatic rings. The van der Waals surface area contributed by atoms with Gasteiger partial charge in [-0.05, 0) is 12.0 Å². The van der Waals surface area contributed by atoms with Crippen LogP contribution >= 0.6 is 0 Å². The molecule has 10 heteroatoms. The summed E-state index contributed by atoms with van der Waals surface area (Å²) in [5.41, 5.74) is 0.672. The third-order valence-corrected chi connectivity index (χ3v) is 3.50. The molecule has 0 saturated carbocycles. The molecule has 2 rings (SSSR count). The van der Waals surface area contributed by atoms with Gasteiger partial charge in [0.05, 0.1) is 0 Å². The van der Waals surface area contributed by atoms with Crippen LogP contribution in [-0.4, -0.2) is 41.6 Å². The van der Waals surface area contributed by atoms with Gasteiger partial charge in [0.2, 0.25) is 11.8 Å². The van der Waals surface area contributed by atoms with E-state index < -0.39 is 39.8 Å². The summed E-state index contributed by atoms with van der Waals surface area (Å²) in [7, 11) is -4.82. The average molecular weight is 334 g/mol. The number of urea groups is 1. The van der Waals surface area contributed by atoms with Crippen molar-refractivity contribution in [1.29, 1.82) is 0 Å². The maximum Gasteiger partial charge on any atom is 1.00 e. The molecule has 1 fully saturated rings. The second-order valence-corrected chi connectivity index (χ2v) is 5.86. The van der Waals surface area contributed by atoms with Crippen molar-refractivity contribution in [1.82, 2.24) is 10.2 Å². The smallest absolute Gasteiger partial charge is 0.747 e. The molecular formula is C12H11N2NaO6S. The molecule has 1 atom stereocenters. The van der Waals surface area contributed by atoms with Crippen molar-refractivity contribution in [3.63, 3.8) is 0 Å². The zero-order chi connectivity index (χ0) is 15.6. The minimum Gasteiger partial charge on any atom is -0.747 e. The number of amides is 4. The normalized spacial score (nSPS) is 18.7. The Labute approximate surface area is 148 Å². The first kappa shape index (κ1) is 18.8. The number of nitrogens with zero attached hydrogens (tertiary/aromatic N) is 1. The van der Waals surface area contributed by atoms with Crippen LogP contribution in [0.4, 0.5) is 4.79 Å². The van der Waals surface area contributed by atoms with E-state index in [2.05, 4.69) is 0 Å². The van der Waals surface area contributed by atoms with Crippen molar-refractivity contribution in [2.75, 3.05) is 5.88 Å². The van der Waals surface area contributed by atoms with Gasteiger partial charge < -0.3 is 4.55 Å². The van der Waals surface area contributed by atoms with Crippen molar-refractivity contribution in [2.24, 2.45) is 5.92 Å². The second-order valence-electron chi connectivity index (χ2n) is 4.49. The van der Waals surface area contributed by atoms with E-state index in [0.29, 0.717) is 5.56 Å². The molecule has 0 aromatic heterocycles. The summed E-state index contributed by atoms with van der Waals surface area (Å²) in [6.45, 7) is 0. The van der Waals surface area contributed by atoms with Gasteiger partial charge in [-0.25, -0.2) is 18.1 Å². The molecule has 1 heterocycles. The van der Waals surface area contributed by atoms with Gasteiger partial charge in [-0.3, -0.25) is 14.9 Å². The molecule has 0 bridgehead atoms. The summed E-state index contributed by atoms with van der Waals surface area (Å²) in [6, 6.07) is 7.36. The Balaban J connectivity index is 0.00000242. The van der Waals surface area contributed by atoms with Gasteiger partial charge in [0.25, 0.3) is 0 Å². The van der Waals surface area contributed by atoms with E-state index in [0.717, 1.165) is 0 Å². The topological polar surface area (TPSA) is 124 Å². The third kappa shape index (κ3) is 4.62. The number of hydrogen-bond donors (Lipinski definition) is 1. The quantitative estimate of drug-likeness (QED) is 0.345. The third-order valence-electron chi connectivity index (χ3n) is 2.93. The van der Waals surface area contributed by atoms with E-state index >= 15 is 0 Å². The molecule has 22 heavy (non-hydrogen) atoms. The fourth-order valence-electron chi connectivity index (χ4n) is 1.97. The molecular weight excluding hydrogens is 323 g/mol. The monoisotopic (exact) mass is 334 g/mol. The molecule has 0 radical (unpaired) electrons. The first-order valence-corrected chi connectivity index (χ1v) is 7.49. The predicted octanol–water partition coefficient (Wildman–Crippen LogP) is -3.57. The van der Waals surface area contributed by atoms with Crippen LogP contribution in [0, 0.1) is 5.92 Å². The van der Waals surface area contributed by atoms with E-state index in [9.17, 15) is 27.4 Å². The van der Waals surface area contributed by atoms with Crippen LogP contribution in [0.15, 0.2) is 30.3 Å². The number of benzene rings is 1. The Morgan fingerprint density at radius 3 is 2.27 bits per heavy atom. The summed E-state index contributed by atoms with van der Waals surface area (Å²) in [5.74, 6) is -4.34. The van der Waals surface area contributed by atoms with E-state index in [1.807, 2.05) is 5.32 Å². The Morgan fingerprint density at radius 1 is 1.14 bits per heavy atom. The fraction of sp³-hybridized carbons (Fsp3) is 0.250. The molecule has 1 saturated heterocycles. The van der Waals surface area contributed by atoms with Crippen LogP contribution in [0.5, 0.6) is 0 Å². The Morgan fingerprint density at radius 2 is 1.73 bits per heavy atom. The summed E-state index contributed by atoms with van der Waals surface area (Å²) < 4.78 is 32.2. The number of barbiturate groups is 1. The summed E-state index contributed by atoms with van der Waals surface area (Å²) in [4.78, 5) is 35.5. The van der Waals surface area contributed by atoms with Gasteiger partial charge in [-0.1, -0.05) is 30.3 Å². The molecule has 1 unspecified atom stereocenters. The second kappa shape index (κ2) is 7.34. The molecule has 112 valence electrons. The molecule has 1 aliphatic heterocycles. The van der Waals surface area contributed by atoms with Gasteiger partial charge in [0.1, 0.15) is 21.9 Å². The van der Waals surface area contributed by atoms with Crippen LogP contribution < -0.4 is 34.9 Å². The standard InChI is InChI=1S/C12H12N2O6S.Na/c15-10-9(6-8-4-2-1-3-5-8)11(16)14(12(17)13-10)7-21(18,19)20;/h1-5,9H,6-7H2,(H,13,15,17)(H,18,19,20);/q;+1/p-1. The number of hydrogen-bond acceptors (Lipinski definition) is 6. The molecule has 0 spiro atoms. The zero-order valence-electron chi connectivity index (χ0n) is 11.7. The van der Waals surface area contributed by atoms with Gasteiger partial charge in [-0.15, -0.1) is 0 Å². The Hall–Kier alpha value is -1.26. The number of carbonyl (C=O) groups is 3. The van der Waals surface area contributed by atoms with Crippen molar-refractivity contribution in [3.05, 3.63) is 35.9 Å². The van der Waals surface area contributed by atoms with Gasteiger partial charge in [-0.2, -0.15) is 0 Å². The molecule has 1 aromatic carbocycles.